The summed E-state index contributed by atoms with van der Waals surface area (Å²) in [6, 6.07) is 12.3. The van der Waals surface area contributed by atoms with Crippen molar-refractivity contribution in [2.75, 3.05) is 11.6 Å². The molecular weight excluding hydrogens is 456 g/mol. The summed E-state index contributed by atoms with van der Waals surface area (Å²) in [7, 11) is -3.53. The third kappa shape index (κ3) is 5.68. The smallest absolute Gasteiger partial charge is 0.268 e. The number of sulfone groups is 1. The van der Waals surface area contributed by atoms with Crippen molar-refractivity contribution in [1.82, 2.24) is 10.2 Å². The summed E-state index contributed by atoms with van der Waals surface area (Å²) in [5.74, 6) is -0.450. The van der Waals surface area contributed by atoms with Gasteiger partial charge < -0.3 is 4.42 Å². The van der Waals surface area contributed by atoms with Gasteiger partial charge in [-0.05, 0) is 36.4 Å². The number of hydrogen-bond acceptors (Lipinski definition) is 9. The van der Waals surface area contributed by atoms with E-state index in [1.54, 1.807) is 30.3 Å². The van der Waals surface area contributed by atoms with Crippen LogP contribution in [0.3, 0.4) is 0 Å². The van der Waals surface area contributed by atoms with Gasteiger partial charge in [-0.25, -0.2) is 8.42 Å². The molecule has 0 radical (unpaired) electrons. The van der Waals surface area contributed by atoms with E-state index in [1.165, 1.54) is 17.8 Å². The highest BCUT2D eigenvalue weighted by molar-refractivity contribution is 7.99. The van der Waals surface area contributed by atoms with Crippen LogP contribution in [0.2, 0.25) is 5.02 Å². The number of carbonyl (C=O) groups excluding carboxylic acids is 1. The van der Waals surface area contributed by atoms with Crippen molar-refractivity contribution < 1.29 is 17.6 Å². The molecule has 0 unspecified atom stereocenters. The van der Waals surface area contributed by atoms with Gasteiger partial charge in [-0.1, -0.05) is 34.7 Å². The molecule has 0 aliphatic carbocycles. The van der Waals surface area contributed by atoms with E-state index in [0.29, 0.717) is 27.2 Å². The fourth-order valence-corrected chi connectivity index (χ4v) is 4.36. The van der Waals surface area contributed by atoms with E-state index >= 15 is 0 Å². The van der Waals surface area contributed by atoms with Gasteiger partial charge in [0.25, 0.3) is 5.91 Å². The number of nitrogens with one attached hydrogen (secondary N) is 1. The molecule has 2 aromatic heterocycles. The normalized spacial score (nSPS) is 11.8. The molecule has 1 aromatic carbocycles. The first kappa shape index (κ1) is 21.1. The lowest BCUT2D eigenvalue weighted by Gasteiger charge is -1.99. The molecule has 0 aliphatic rings. The van der Waals surface area contributed by atoms with Gasteiger partial charge in [-0.2, -0.15) is 5.26 Å². The highest BCUT2D eigenvalue weighted by Gasteiger charge is 2.18. The number of nitrogens with zero attached hydrogens (tertiary/aromatic N) is 3. The predicted octanol–water partition coefficient (Wildman–Crippen LogP) is 3.88. The minimum Gasteiger partial charge on any atom is -0.450 e. The van der Waals surface area contributed by atoms with Crippen molar-refractivity contribution in [3.8, 4) is 6.07 Å². The van der Waals surface area contributed by atoms with Crippen LogP contribution in [-0.4, -0.2) is 30.8 Å². The van der Waals surface area contributed by atoms with Gasteiger partial charge in [0.2, 0.25) is 19.3 Å². The Kier molecular flexibility index (Phi) is 6.39. The maximum Gasteiger partial charge on any atom is 0.268 e. The second-order valence-electron chi connectivity index (χ2n) is 5.48. The molecule has 3 rings (SSSR count). The molecular formula is C17H11ClN4O4S3. The summed E-state index contributed by atoms with van der Waals surface area (Å²) < 4.78 is 28.2. The Labute approximate surface area is 179 Å². The monoisotopic (exact) mass is 466 g/mol. The van der Waals surface area contributed by atoms with Crippen LogP contribution < -0.4 is 5.32 Å². The maximum atomic E-state index is 12.3. The summed E-state index contributed by atoms with van der Waals surface area (Å²) in [6.45, 7) is 0. The zero-order chi connectivity index (χ0) is 21.0. The van der Waals surface area contributed by atoms with E-state index in [-0.39, 0.29) is 15.0 Å². The molecule has 0 aliphatic heterocycles. The van der Waals surface area contributed by atoms with Crippen LogP contribution in [0.1, 0.15) is 5.76 Å². The molecule has 0 atom stereocenters. The fourth-order valence-electron chi connectivity index (χ4n) is 1.95. The first-order chi connectivity index (χ1) is 13.7. The minimum atomic E-state index is -3.53. The second kappa shape index (κ2) is 8.79. The molecule has 1 amide bonds. The zero-order valence-corrected chi connectivity index (χ0v) is 17.8. The van der Waals surface area contributed by atoms with Gasteiger partial charge >= 0.3 is 0 Å². The van der Waals surface area contributed by atoms with Crippen LogP contribution in [0.5, 0.6) is 0 Å². The first-order valence-electron chi connectivity index (χ1n) is 7.74. The van der Waals surface area contributed by atoms with Gasteiger partial charge in [-0.15, -0.1) is 10.2 Å². The van der Waals surface area contributed by atoms with Crippen LogP contribution in [0, 0.1) is 11.3 Å². The van der Waals surface area contributed by atoms with Crippen molar-refractivity contribution in [1.29, 1.82) is 5.26 Å². The number of anilines is 1. The quantitative estimate of drug-likeness (QED) is 0.329. The van der Waals surface area contributed by atoms with Crippen molar-refractivity contribution in [3.05, 3.63) is 52.8 Å². The number of benzene rings is 1. The van der Waals surface area contributed by atoms with Crippen LogP contribution in [0.15, 0.2) is 60.7 Å². The van der Waals surface area contributed by atoms with E-state index in [1.807, 2.05) is 12.1 Å². The second-order valence-corrected chi connectivity index (χ2v) is 10.2. The number of nitriles is 1. The largest absolute Gasteiger partial charge is 0.450 e. The summed E-state index contributed by atoms with van der Waals surface area (Å²) in [5.41, 5.74) is -0.238. The van der Waals surface area contributed by atoms with Crippen molar-refractivity contribution >= 4 is 61.7 Å². The minimum absolute atomic E-state index is 0.0324. The molecule has 3 aromatic rings. The Hall–Kier alpha value is -2.65. The molecule has 0 bridgehead atoms. The average molecular weight is 467 g/mol. The maximum absolute atomic E-state index is 12.3. The lowest BCUT2D eigenvalue weighted by Crippen LogP contribution is -2.13. The number of hydrogen-bond donors (Lipinski definition) is 1. The molecule has 0 saturated heterocycles. The Morgan fingerprint density at radius 1 is 1.28 bits per heavy atom. The third-order valence-corrected chi connectivity index (χ3v) is 6.92. The van der Waals surface area contributed by atoms with Crippen molar-refractivity contribution in [2.24, 2.45) is 0 Å². The third-order valence-electron chi connectivity index (χ3n) is 3.23. The van der Waals surface area contributed by atoms with Gasteiger partial charge in [0, 0.05) is 22.2 Å². The fraction of sp³-hybridized carbons (Fsp3) is 0.0588. The molecule has 8 nitrogen and oxygen atoms in total. The SMILES string of the molecule is CS(=O)(=O)c1nnc(NC(=O)C(C#N)=Cc2ccc(Sc3ccc(Cl)cc3)o2)s1. The number of furan rings is 1. The predicted molar refractivity (Wildman–Crippen MR) is 110 cm³/mol. The Morgan fingerprint density at radius 3 is 2.62 bits per heavy atom. The lowest BCUT2D eigenvalue weighted by molar-refractivity contribution is -0.112. The Morgan fingerprint density at radius 2 is 2.00 bits per heavy atom. The van der Waals surface area contributed by atoms with Crippen LogP contribution in [0.25, 0.3) is 6.08 Å². The lowest BCUT2D eigenvalue weighted by atomic mass is 10.2. The molecule has 2 heterocycles. The van der Waals surface area contributed by atoms with E-state index in [9.17, 15) is 18.5 Å². The van der Waals surface area contributed by atoms with Gasteiger partial charge in [0.1, 0.15) is 17.4 Å². The number of aromatic nitrogens is 2. The summed E-state index contributed by atoms with van der Waals surface area (Å²) in [4.78, 5) is 13.2. The zero-order valence-electron chi connectivity index (χ0n) is 14.6. The van der Waals surface area contributed by atoms with E-state index in [0.717, 1.165) is 11.2 Å². The summed E-state index contributed by atoms with van der Waals surface area (Å²) in [5, 5.41) is 19.9. The molecule has 1 N–H and O–H groups in total. The van der Waals surface area contributed by atoms with E-state index < -0.39 is 15.7 Å². The van der Waals surface area contributed by atoms with Crippen molar-refractivity contribution in [2.45, 2.75) is 14.3 Å². The van der Waals surface area contributed by atoms with Crippen LogP contribution in [-0.2, 0) is 14.6 Å². The van der Waals surface area contributed by atoms with E-state index in [2.05, 4.69) is 15.5 Å². The number of rotatable bonds is 6. The van der Waals surface area contributed by atoms with Gasteiger partial charge in [-0.3, -0.25) is 10.1 Å². The first-order valence-corrected chi connectivity index (χ1v) is 11.6. The molecule has 0 fully saturated rings. The van der Waals surface area contributed by atoms with Gasteiger partial charge in [0.05, 0.1) is 0 Å². The number of amides is 1. The topological polar surface area (TPSA) is 126 Å². The molecule has 12 heteroatoms. The Bertz CT molecular complexity index is 1220. The molecule has 29 heavy (non-hydrogen) atoms. The number of halogens is 1. The average Bonchev–Trinajstić information content (AvgIpc) is 3.31. The molecule has 0 saturated carbocycles. The highest BCUT2D eigenvalue weighted by Crippen LogP contribution is 2.30. The van der Waals surface area contributed by atoms with Gasteiger partial charge in [0.15, 0.2) is 5.09 Å². The van der Waals surface area contributed by atoms with Crippen LogP contribution >= 0.6 is 34.7 Å². The number of carbonyl (C=O) groups is 1. The highest BCUT2D eigenvalue weighted by atomic mass is 35.5. The van der Waals surface area contributed by atoms with Crippen molar-refractivity contribution in [3.63, 3.8) is 0 Å². The standard InChI is InChI=1S/C17H11ClN4O4S3/c1-29(24,25)17-22-21-16(28-17)20-15(23)10(9-19)8-12-4-7-14(26-12)27-13-5-2-11(18)3-6-13/h2-8H,1H3,(H,20,21,23). The van der Waals surface area contributed by atoms with Crippen LogP contribution in [0.4, 0.5) is 5.13 Å². The summed E-state index contributed by atoms with van der Waals surface area (Å²) in [6.07, 6.45) is 2.26. The summed E-state index contributed by atoms with van der Waals surface area (Å²) >= 11 is 7.91. The molecule has 0 spiro atoms. The van der Waals surface area contributed by atoms with E-state index in [4.69, 9.17) is 16.0 Å². The molecule has 148 valence electrons. The Balaban J connectivity index is 1.71.